The van der Waals surface area contributed by atoms with Crippen LogP contribution < -0.4 is 16.4 Å². The topological polar surface area (TPSA) is 100 Å². The largest absolute Gasteiger partial charge is 0.395 e. The first-order valence-electron chi connectivity index (χ1n) is 6.17. The summed E-state index contributed by atoms with van der Waals surface area (Å²) in [6.07, 6.45) is 1.61. The van der Waals surface area contributed by atoms with Gasteiger partial charge in [0.25, 0.3) is 0 Å². The van der Waals surface area contributed by atoms with Gasteiger partial charge in [-0.25, -0.2) is 0 Å². The van der Waals surface area contributed by atoms with Crippen molar-refractivity contribution in [3.8, 4) is 0 Å². The number of benzene rings is 1. The van der Waals surface area contributed by atoms with E-state index in [9.17, 15) is 0 Å². The van der Waals surface area contributed by atoms with E-state index in [1.807, 2.05) is 19.1 Å². The molecule has 6 heteroatoms. The van der Waals surface area contributed by atoms with Gasteiger partial charge in [0.2, 0.25) is 5.96 Å². The van der Waals surface area contributed by atoms with Crippen molar-refractivity contribution < 1.29 is 5.11 Å². The maximum Gasteiger partial charge on any atom is 0.211 e. The van der Waals surface area contributed by atoms with Gasteiger partial charge in [-0.2, -0.15) is 5.10 Å². The van der Waals surface area contributed by atoms with Gasteiger partial charge in [0.1, 0.15) is 0 Å². The number of hydrogen-bond donors (Lipinski definition) is 3. The molecule has 0 unspecified atom stereocenters. The van der Waals surface area contributed by atoms with Crippen LogP contribution >= 0.6 is 0 Å². The smallest absolute Gasteiger partial charge is 0.211 e. The van der Waals surface area contributed by atoms with Gasteiger partial charge in [-0.15, -0.1) is 5.10 Å². The molecule has 0 saturated carbocycles. The molecule has 6 nitrogen and oxygen atoms in total. The van der Waals surface area contributed by atoms with Crippen LogP contribution in [0.4, 0.5) is 5.69 Å². The summed E-state index contributed by atoms with van der Waals surface area (Å²) in [4.78, 5) is 2.10. The van der Waals surface area contributed by atoms with Crippen LogP contribution in [0.3, 0.4) is 0 Å². The monoisotopic (exact) mass is 263 g/mol. The summed E-state index contributed by atoms with van der Waals surface area (Å²) in [5.41, 5.74) is 13.5. The average molecular weight is 263 g/mol. The van der Waals surface area contributed by atoms with Crippen molar-refractivity contribution in [1.29, 1.82) is 0 Å². The fraction of sp³-hybridized carbons (Fsp3) is 0.385. The van der Waals surface area contributed by atoms with E-state index in [4.69, 9.17) is 16.6 Å². The molecule has 0 aromatic heterocycles. The molecule has 0 fully saturated rings. The highest BCUT2D eigenvalue weighted by Crippen LogP contribution is 2.18. The zero-order valence-corrected chi connectivity index (χ0v) is 11.4. The van der Waals surface area contributed by atoms with Crippen molar-refractivity contribution in [2.24, 2.45) is 21.7 Å². The van der Waals surface area contributed by atoms with E-state index in [1.54, 1.807) is 6.21 Å². The Balaban J connectivity index is 2.90. The molecule has 0 aliphatic carbocycles. The van der Waals surface area contributed by atoms with Crippen LogP contribution in [-0.2, 0) is 0 Å². The summed E-state index contributed by atoms with van der Waals surface area (Å²) in [6, 6.07) is 6.00. The quantitative estimate of drug-likeness (QED) is 0.393. The van der Waals surface area contributed by atoms with E-state index in [1.165, 1.54) is 0 Å². The first-order valence-corrected chi connectivity index (χ1v) is 6.17. The van der Waals surface area contributed by atoms with Crippen LogP contribution in [0.2, 0.25) is 0 Å². The Morgan fingerprint density at radius 1 is 1.42 bits per heavy atom. The summed E-state index contributed by atoms with van der Waals surface area (Å²) in [5.74, 6) is -0.0642. The molecule has 19 heavy (non-hydrogen) atoms. The van der Waals surface area contributed by atoms with Gasteiger partial charge in [-0.3, -0.25) is 0 Å². The Morgan fingerprint density at radius 3 is 2.68 bits per heavy atom. The molecule has 0 aliphatic rings. The summed E-state index contributed by atoms with van der Waals surface area (Å²) in [7, 11) is 0. The Bertz CT molecular complexity index is 466. The van der Waals surface area contributed by atoms with Crippen molar-refractivity contribution in [1.82, 2.24) is 0 Å². The maximum atomic E-state index is 9.02. The van der Waals surface area contributed by atoms with Crippen LogP contribution in [0.15, 0.2) is 28.4 Å². The first kappa shape index (κ1) is 15.0. The standard InChI is InChI=1S/C13H21N5O/c1-3-18(6-7-19)12-5-4-11(10(2)8-12)9-16-17-13(14)15/h4-5,8-9,19H,3,6-7H2,1-2H3,(H4,14,15,17)/b16-9+. The Hall–Kier alpha value is -2.08. The van der Waals surface area contributed by atoms with E-state index in [2.05, 4.69) is 28.1 Å². The molecule has 1 rings (SSSR count). The highest BCUT2D eigenvalue weighted by Gasteiger charge is 2.05. The molecule has 0 radical (unpaired) electrons. The van der Waals surface area contributed by atoms with Crippen molar-refractivity contribution in [2.75, 3.05) is 24.6 Å². The Labute approximate surface area is 113 Å². The maximum absolute atomic E-state index is 9.02. The number of hydrogen-bond acceptors (Lipinski definition) is 4. The predicted octanol–water partition coefficient (Wildman–Crippen LogP) is 0.421. The predicted molar refractivity (Wildman–Crippen MR) is 79.6 cm³/mol. The van der Waals surface area contributed by atoms with E-state index >= 15 is 0 Å². The highest BCUT2D eigenvalue weighted by atomic mass is 16.3. The number of nitrogens with two attached hydrogens (primary N) is 2. The molecule has 0 heterocycles. The minimum absolute atomic E-state index is 0.0642. The molecule has 0 bridgehead atoms. The summed E-state index contributed by atoms with van der Waals surface area (Å²) >= 11 is 0. The van der Waals surface area contributed by atoms with Crippen LogP contribution in [-0.4, -0.2) is 37.0 Å². The lowest BCUT2D eigenvalue weighted by atomic mass is 10.1. The Morgan fingerprint density at radius 2 is 2.16 bits per heavy atom. The number of rotatable bonds is 6. The van der Waals surface area contributed by atoms with Gasteiger partial charge >= 0.3 is 0 Å². The fourth-order valence-electron chi connectivity index (χ4n) is 1.75. The molecule has 1 aromatic rings. The Kier molecular flexibility index (Phi) is 5.81. The van der Waals surface area contributed by atoms with Crippen molar-refractivity contribution in [3.63, 3.8) is 0 Å². The molecule has 1 aromatic carbocycles. The molecule has 0 saturated heterocycles. The second kappa shape index (κ2) is 7.38. The van der Waals surface area contributed by atoms with Gasteiger partial charge in [-0.1, -0.05) is 6.07 Å². The molecule has 5 N–H and O–H groups in total. The van der Waals surface area contributed by atoms with E-state index in [0.29, 0.717) is 6.54 Å². The molecule has 104 valence electrons. The molecule has 0 atom stereocenters. The zero-order chi connectivity index (χ0) is 14.3. The summed E-state index contributed by atoms with van der Waals surface area (Å²) in [6.45, 7) is 5.66. The van der Waals surface area contributed by atoms with Gasteiger partial charge in [0.05, 0.1) is 12.8 Å². The molecule has 0 spiro atoms. The number of guanidine groups is 1. The third-order valence-electron chi connectivity index (χ3n) is 2.74. The van der Waals surface area contributed by atoms with Crippen LogP contribution in [0.5, 0.6) is 0 Å². The minimum Gasteiger partial charge on any atom is -0.395 e. The molecule has 0 amide bonds. The van der Waals surface area contributed by atoms with E-state index < -0.39 is 0 Å². The van der Waals surface area contributed by atoms with E-state index in [-0.39, 0.29) is 12.6 Å². The first-order chi connectivity index (χ1) is 9.08. The SMILES string of the molecule is CCN(CCO)c1ccc(/C=N/N=C(N)N)c(C)c1. The lowest BCUT2D eigenvalue weighted by molar-refractivity contribution is 0.302. The third kappa shape index (κ3) is 4.59. The number of nitrogens with zero attached hydrogens (tertiary/aromatic N) is 3. The van der Waals surface area contributed by atoms with Crippen molar-refractivity contribution in [3.05, 3.63) is 29.3 Å². The van der Waals surface area contributed by atoms with Crippen LogP contribution in [0.1, 0.15) is 18.1 Å². The van der Waals surface area contributed by atoms with Crippen LogP contribution in [0, 0.1) is 6.92 Å². The number of aliphatic hydroxyl groups is 1. The fourth-order valence-corrected chi connectivity index (χ4v) is 1.75. The second-order valence-electron chi connectivity index (χ2n) is 4.11. The number of anilines is 1. The highest BCUT2D eigenvalue weighted by molar-refractivity contribution is 5.83. The zero-order valence-electron chi connectivity index (χ0n) is 11.4. The number of aryl methyl sites for hydroxylation is 1. The molecule has 0 aliphatic heterocycles. The number of aliphatic hydroxyl groups excluding tert-OH is 1. The average Bonchev–Trinajstić information content (AvgIpc) is 2.37. The van der Waals surface area contributed by atoms with E-state index in [0.717, 1.165) is 23.4 Å². The van der Waals surface area contributed by atoms with Gasteiger partial charge < -0.3 is 21.5 Å². The summed E-state index contributed by atoms with van der Waals surface area (Å²) in [5, 5.41) is 16.4. The normalized spacial score (nSPS) is 10.7. The van der Waals surface area contributed by atoms with Crippen molar-refractivity contribution >= 4 is 17.9 Å². The van der Waals surface area contributed by atoms with Gasteiger partial charge in [0, 0.05) is 18.8 Å². The number of likely N-dealkylation sites (N-methyl/N-ethyl adjacent to an activating group) is 1. The van der Waals surface area contributed by atoms with Crippen molar-refractivity contribution in [2.45, 2.75) is 13.8 Å². The lowest BCUT2D eigenvalue weighted by Crippen LogP contribution is -2.26. The lowest BCUT2D eigenvalue weighted by Gasteiger charge is -2.22. The molecular weight excluding hydrogens is 242 g/mol. The minimum atomic E-state index is -0.0642. The van der Waals surface area contributed by atoms with Crippen LogP contribution in [0.25, 0.3) is 0 Å². The second-order valence-corrected chi connectivity index (χ2v) is 4.11. The van der Waals surface area contributed by atoms with Gasteiger partial charge in [-0.05, 0) is 37.1 Å². The summed E-state index contributed by atoms with van der Waals surface area (Å²) < 4.78 is 0. The molecular formula is C13H21N5O. The third-order valence-corrected chi connectivity index (χ3v) is 2.74. The van der Waals surface area contributed by atoms with Gasteiger partial charge in [0.15, 0.2) is 0 Å².